The molecule has 0 spiro atoms. The monoisotopic (exact) mass is 388 g/mol. The SMILES string of the molecule is N#Cc1cc([C@@H]2C[C@H]2c2cc(-c3c[nH]c(=O)[nH]c3=O)nn3ccnc23)ccc1F. The van der Waals surface area contributed by atoms with E-state index in [9.17, 15) is 14.0 Å². The fourth-order valence-corrected chi connectivity index (χ4v) is 3.71. The van der Waals surface area contributed by atoms with Crippen molar-refractivity contribution in [3.63, 3.8) is 0 Å². The summed E-state index contributed by atoms with van der Waals surface area (Å²) >= 11 is 0. The summed E-state index contributed by atoms with van der Waals surface area (Å²) in [6.07, 6.45) is 5.45. The lowest BCUT2D eigenvalue weighted by Gasteiger charge is -2.07. The van der Waals surface area contributed by atoms with Crippen LogP contribution in [0.5, 0.6) is 0 Å². The Hall–Kier alpha value is -4.06. The van der Waals surface area contributed by atoms with Crippen molar-refractivity contribution < 1.29 is 4.39 Å². The first-order valence-electron chi connectivity index (χ1n) is 8.91. The minimum absolute atomic E-state index is 0.0225. The molecule has 1 fully saturated rings. The molecule has 29 heavy (non-hydrogen) atoms. The topological polar surface area (TPSA) is 120 Å². The second-order valence-electron chi connectivity index (χ2n) is 6.97. The predicted molar refractivity (Wildman–Crippen MR) is 101 cm³/mol. The first kappa shape index (κ1) is 17.1. The normalized spacial score (nSPS) is 17.9. The molecule has 1 aromatic carbocycles. The molecule has 1 aliphatic rings. The molecule has 2 N–H and O–H groups in total. The number of nitrogens with zero attached hydrogens (tertiary/aromatic N) is 4. The van der Waals surface area contributed by atoms with Gasteiger partial charge in [-0.3, -0.25) is 9.78 Å². The molecule has 4 aromatic rings. The maximum atomic E-state index is 13.6. The van der Waals surface area contributed by atoms with E-state index in [4.69, 9.17) is 5.26 Å². The van der Waals surface area contributed by atoms with Crippen molar-refractivity contribution in [2.24, 2.45) is 0 Å². The second-order valence-corrected chi connectivity index (χ2v) is 6.97. The number of nitrogens with one attached hydrogen (secondary N) is 2. The van der Waals surface area contributed by atoms with Crippen LogP contribution in [0.4, 0.5) is 4.39 Å². The third kappa shape index (κ3) is 2.82. The Morgan fingerprint density at radius 2 is 2.10 bits per heavy atom. The van der Waals surface area contributed by atoms with Crippen molar-refractivity contribution in [1.29, 1.82) is 5.26 Å². The lowest BCUT2D eigenvalue weighted by atomic mass is 10.0. The van der Waals surface area contributed by atoms with Crippen LogP contribution in [0.3, 0.4) is 0 Å². The summed E-state index contributed by atoms with van der Waals surface area (Å²) in [5, 5.41) is 13.5. The zero-order chi connectivity index (χ0) is 20.1. The van der Waals surface area contributed by atoms with Crippen LogP contribution in [0.15, 0.2) is 52.4 Å². The van der Waals surface area contributed by atoms with Gasteiger partial charge >= 0.3 is 5.69 Å². The van der Waals surface area contributed by atoms with E-state index in [2.05, 4.69) is 20.1 Å². The van der Waals surface area contributed by atoms with Gasteiger partial charge in [-0.05, 0) is 42.0 Å². The van der Waals surface area contributed by atoms with Gasteiger partial charge in [0.05, 0.1) is 16.8 Å². The van der Waals surface area contributed by atoms with E-state index < -0.39 is 17.1 Å². The van der Waals surface area contributed by atoms with Gasteiger partial charge in [0.2, 0.25) is 0 Å². The lowest BCUT2D eigenvalue weighted by molar-refractivity contribution is 0.623. The Labute approximate surface area is 162 Å². The second kappa shape index (κ2) is 6.24. The molecule has 0 saturated heterocycles. The molecule has 0 bridgehead atoms. The molecule has 3 heterocycles. The third-order valence-corrected chi connectivity index (χ3v) is 5.21. The molecule has 0 aliphatic heterocycles. The number of rotatable bonds is 3. The fourth-order valence-electron chi connectivity index (χ4n) is 3.71. The van der Waals surface area contributed by atoms with Crippen molar-refractivity contribution in [2.45, 2.75) is 18.3 Å². The Morgan fingerprint density at radius 3 is 2.90 bits per heavy atom. The summed E-state index contributed by atoms with van der Waals surface area (Å²) in [5.41, 5.74) is 2.01. The molecule has 5 rings (SSSR count). The molecule has 1 aliphatic carbocycles. The van der Waals surface area contributed by atoms with Crippen LogP contribution >= 0.6 is 0 Å². The fraction of sp³-hybridized carbons (Fsp3) is 0.150. The molecule has 142 valence electrons. The highest BCUT2D eigenvalue weighted by molar-refractivity contribution is 5.63. The summed E-state index contributed by atoms with van der Waals surface area (Å²) in [6, 6.07) is 8.25. The number of halogens is 1. The summed E-state index contributed by atoms with van der Waals surface area (Å²) in [5.74, 6) is -0.319. The largest absolute Gasteiger partial charge is 0.325 e. The first-order chi connectivity index (χ1) is 14.0. The molecular weight excluding hydrogens is 375 g/mol. The smallest absolute Gasteiger partial charge is 0.313 e. The Morgan fingerprint density at radius 1 is 1.24 bits per heavy atom. The van der Waals surface area contributed by atoms with Gasteiger partial charge in [-0.2, -0.15) is 10.4 Å². The number of aromatic nitrogens is 5. The van der Waals surface area contributed by atoms with Crippen LogP contribution in [0, 0.1) is 17.1 Å². The Balaban J connectivity index is 1.59. The van der Waals surface area contributed by atoms with Crippen molar-refractivity contribution in [1.82, 2.24) is 24.6 Å². The molecule has 1 saturated carbocycles. The van der Waals surface area contributed by atoms with Gasteiger partial charge in [-0.1, -0.05) is 6.07 Å². The van der Waals surface area contributed by atoms with Crippen LogP contribution in [-0.2, 0) is 0 Å². The number of hydrogen-bond donors (Lipinski definition) is 2. The van der Waals surface area contributed by atoms with E-state index in [1.54, 1.807) is 35.1 Å². The first-order valence-corrected chi connectivity index (χ1v) is 8.91. The van der Waals surface area contributed by atoms with E-state index in [0.717, 1.165) is 17.5 Å². The third-order valence-electron chi connectivity index (χ3n) is 5.21. The number of fused-ring (bicyclic) bond motifs is 1. The number of aromatic amines is 2. The molecule has 8 nitrogen and oxygen atoms in total. The lowest BCUT2D eigenvalue weighted by Crippen LogP contribution is -2.23. The highest BCUT2D eigenvalue weighted by Crippen LogP contribution is 2.55. The zero-order valence-electron chi connectivity index (χ0n) is 14.9. The molecular formula is C20H13FN6O2. The molecule has 2 atom stereocenters. The van der Waals surface area contributed by atoms with Crippen LogP contribution in [0.25, 0.3) is 16.9 Å². The maximum Gasteiger partial charge on any atom is 0.325 e. The van der Waals surface area contributed by atoms with Crippen LogP contribution in [-0.4, -0.2) is 24.6 Å². The number of nitriles is 1. The van der Waals surface area contributed by atoms with Gasteiger partial charge in [0.1, 0.15) is 11.9 Å². The highest BCUT2D eigenvalue weighted by Gasteiger charge is 2.41. The van der Waals surface area contributed by atoms with E-state index in [-0.39, 0.29) is 23.0 Å². The van der Waals surface area contributed by atoms with Gasteiger partial charge in [0, 0.05) is 24.2 Å². The van der Waals surface area contributed by atoms with Crippen LogP contribution in [0.1, 0.15) is 34.9 Å². The van der Waals surface area contributed by atoms with Gasteiger partial charge < -0.3 is 4.98 Å². The number of benzene rings is 1. The number of hydrogen-bond acceptors (Lipinski definition) is 5. The predicted octanol–water partition coefficient (Wildman–Crippen LogP) is 2.05. The van der Waals surface area contributed by atoms with Gasteiger partial charge in [0.15, 0.2) is 5.65 Å². The van der Waals surface area contributed by atoms with E-state index in [0.29, 0.717) is 11.3 Å². The molecule has 0 unspecified atom stereocenters. The average Bonchev–Trinajstić information content (AvgIpc) is 3.36. The van der Waals surface area contributed by atoms with E-state index in [1.165, 1.54) is 12.3 Å². The van der Waals surface area contributed by atoms with Gasteiger partial charge in [-0.25, -0.2) is 18.7 Å². The van der Waals surface area contributed by atoms with E-state index in [1.807, 2.05) is 6.07 Å². The maximum absolute atomic E-state index is 13.6. The van der Waals surface area contributed by atoms with Crippen molar-refractivity contribution >= 4 is 5.65 Å². The quantitative estimate of drug-likeness (QED) is 0.557. The van der Waals surface area contributed by atoms with Crippen molar-refractivity contribution in [3.05, 3.63) is 86.2 Å². The van der Waals surface area contributed by atoms with Crippen LogP contribution in [0.2, 0.25) is 0 Å². The van der Waals surface area contributed by atoms with Gasteiger partial charge in [-0.15, -0.1) is 0 Å². The molecule has 0 amide bonds. The number of imidazole rings is 1. The average molecular weight is 388 g/mol. The Bertz CT molecular complexity index is 1430. The minimum atomic E-state index is -0.588. The zero-order valence-corrected chi connectivity index (χ0v) is 14.9. The molecule has 3 aromatic heterocycles. The summed E-state index contributed by atoms with van der Waals surface area (Å²) in [4.78, 5) is 32.5. The van der Waals surface area contributed by atoms with Crippen molar-refractivity contribution in [3.8, 4) is 17.3 Å². The summed E-state index contributed by atoms with van der Waals surface area (Å²) < 4.78 is 15.2. The Kier molecular flexibility index (Phi) is 3.67. The van der Waals surface area contributed by atoms with Gasteiger partial charge in [0.25, 0.3) is 5.56 Å². The van der Waals surface area contributed by atoms with Crippen molar-refractivity contribution in [2.75, 3.05) is 0 Å². The molecule has 9 heteroatoms. The van der Waals surface area contributed by atoms with E-state index >= 15 is 0 Å². The van der Waals surface area contributed by atoms with Crippen LogP contribution < -0.4 is 11.2 Å². The highest BCUT2D eigenvalue weighted by atomic mass is 19.1. The summed E-state index contributed by atoms with van der Waals surface area (Å²) in [7, 11) is 0. The standard InChI is InChI=1S/C20H13FN6O2/c21-16-2-1-10(5-11(16)8-22)12-6-13(12)14-7-17(26-27-4-3-23-18(14)27)15-9-24-20(29)25-19(15)28/h1-5,7,9,12-13H,6H2,(H2,24,25,28,29)/t12-,13+/m0/s1. The minimum Gasteiger partial charge on any atom is -0.313 e. The summed E-state index contributed by atoms with van der Waals surface area (Å²) in [6.45, 7) is 0. The number of H-pyrrole nitrogens is 2. The molecule has 0 radical (unpaired) electrons.